The fraction of sp³-hybridized carbons (Fsp3) is 1.00. The zero-order valence-electron chi connectivity index (χ0n) is 5.89. The van der Waals surface area contributed by atoms with Gasteiger partial charge in [-0.2, -0.15) is 0 Å². The molecule has 0 aliphatic rings. The van der Waals surface area contributed by atoms with E-state index in [0.717, 1.165) is 19.4 Å². The molecule has 0 aliphatic heterocycles. The van der Waals surface area contributed by atoms with E-state index in [9.17, 15) is 0 Å². The molecule has 54 valence electrons. The number of ether oxygens (including phenoxy) is 1. The van der Waals surface area contributed by atoms with Crippen LogP contribution in [0.15, 0.2) is 0 Å². The number of aliphatic hydroxyl groups is 1. The summed E-state index contributed by atoms with van der Waals surface area (Å²) < 4.78 is 4.97. The molecular weight excluding hydrogens is 195 g/mol. The van der Waals surface area contributed by atoms with E-state index in [1.54, 1.807) is 0 Å². The van der Waals surface area contributed by atoms with E-state index in [1.807, 2.05) is 0 Å². The summed E-state index contributed by atoms with van der Waals surface area (Å²) in [5.74, 6) is 0. The van der Waals surface area contributed by atoms with Crippen molar-refractivity contribution in [2.45, 2.75) is 19.8 Å². The van der Waals surface area contributed by atoms with Crippen LogP contribution >= 0.6 is 0 Å². The van der Waals surface area contributed by atoms with Crippen molar-refractivity contribution in [3.63, 3.8) is 0 Å². The van der Waals surface area contributed by atoms with Crippen molar-refractivity contribution in [2.24, 2.45) is 0 Å². The monoisotopic (exact) mass is 208 g/mol. The maximum absolute atomic E-state index is 8.24. The van der Waals surface area contributed by atoms with Crippen LogP contribution in [-0.2, 0) is 30.9 Å². The molecule has 3 heteroatoms. The Kier molecular flexibility index (Phi) is 16.1. The average molecular weight is 209 g/mol. The van der Waals surface area contributed by atoms with Crippen LogP contribution in [0, 0.1) is 0 Å². The summed E-state index contributed by atoms with van der Waals surface area (Å²) in [5.41, 5.74) is 0. The molecule has 2 nitrogen and oxygen atoms in total. The smallest absolute Gasteiger partial charge is 0.0697 e. The van der Waals surface area contributed by atoms with Gasteiger partial charge >= 0.3 is 0 Å². The van der Waals surface area contributed by atoms with Crippen molar-refractivity contribution in [1.82, 2.24) is 0 Å². The first kappa shape index (κ1) is 12.5. The first-order valence-corrected chi connectivity index (χ1v) is 3.10. The summed E-state index contributed by atoms with van der Waals surface area (Å²) in [7, 11) is 0. The molecule has 1 N–H and O–H groups in total. The third-order valence-corrected chi connectivity index (χ3v) is 0.878. The van der Waals surface area contributed by atoms with Crippen molar-refractivity contribution in [3.05, 3.63) is 0 Å². The summed E-state index contributed by atoms with van der Waals surface area (Å²) >= 11 is 0. The zero-order chi connectivity index (χ0) is 6.24. The van der Waals surface area contributed by atoms with Gasteiger partial charge in [0, 0.05) is 32.8 Å². The van der Waals surface area contributed by atoms with Crippen LogP contribution in [0.4, 0.5) is 0 Å². The first-order valence-electron chi connectivity index (χ1n) is 3.10. The molecule has 0 bridgehead atoms. The predicted octanol–water partition coefficient (Wildman–Crippen LogP) is 0.793. The van der Waals surface area contributed by atoms with Gasteiger partial charge in [-0.1, -0.05) is 13.3 Å². The Morgan fingerprint density at radius 1 is 1.33 bits per heavy atom. The SMILES string of the molecule is CCCCOCCO.[Zr]. The number of unbranched alkanes of at least 4 members (excludes halogenated alkanes) is 1. The Morgan fingerprint density at radius 3 is 2.44 bits per heavy atom. The minimum absolute atomic E-state index is 0. The molecule has 0 heterocycles. The van der Waals surface area contributed by atoms with Crippen molar-refractivity contribution in [2.75, 3.05) is 19.8 Å². The van der Waals surface area contributed by atoms with Crippen LogP contribution in [0.2, 0.25) is 0 Å². The van der Waals surface area contributed by atoms with Gasteiger partial charge in [0.05, 0.1) is 13.2 Å². The van der Waals surface area contributed by atoms with E-state index < -0.39 is 0 Å². The van der Waals surface area contributed by atoms with Crippen molar-refractivity contribution >= 4 is 0 Å². The van der Waals surface area contributed by atoms with Crippen LogP contribution in [0.1, 0.15) is 19.8 Å². The normalized spacial score (nSPS) is 8.67. The first-order chi connectivity index (χ1) is 3.91. The molecule has 0 amide bonds. The van der Waals surface area contributed by atoms with Crippen LogP contribution in [0.25, 0.3) is 0 Å². The van der Waals surface area contributed by atoms with Crippen LogP contribution in [0.3, 0.4) is 0 Å². The van der Waals surface area contributed by atoms with E-state index in [0.29, 0.717) is 6.61 Å². The Morgan fingerprint density at radius 2 is 2.00 bits per heavy atom. The molecule has 0 saturated heterocycles. The Balaban J connectivity index is 0. The molecule has 0 rings (SSSR count). The molecule has 0 saturated carbocycles. The summed E-state index contributed by atoms with van der Waals surface area (Å²) in [6.45, 7) is 3.53. The standard InChI is InChI=1S/C6H14O2.Zr/c1-2-3-5-8-6-4-7;/h7H,2-6H2,1H3;. The molecule has 0 unspecified atom stereocenters. The molecule has 9 heavy (non-hydrogen) atoms. The molecule has 0 aromatic heterocycles. The topological polar surface area (TPSA) is 29.5 Å². The summed E-state index contributed by atoms with van der Waals surface area (Å²) in [6, 6.07) is 0. The van der Waals surface area contributed by atoms with Gasteiger partial charge in [0.15, 0.2) is 0 Å². The molecule has 0 spiro atoms. The van der Waals surface area contributed by atoms with Gasteiger partial charge in [0.25, 0.3) is 0 Å². The third kappa shape index (κ3) is 12.1. The third-order valence-electron chi connectivity index (χ3n) is 0.878. The quantitative estimate of drug-likeness (QED) is 0.679. The van der Waals surface area contributed by atoms with E-state index in [-0.39, 0.29) is 32.8 Å². The minimum Gasteiger partial charge on any atom is -0.394 e. The maximum Gasteiger partial charge on any atom is 0.0697 e. The van der Waals surface area contributed by atoms with Crippen LogP contribution < -0.4 is 0 Å². The van der Waals surface area contributed by atoms with Gasteiger partial charge in [-0.25, -0.2) is 0 Å². The Labute approximate surface area is 75.7 Å². The second-order valence-electron chi connectivity index (χ2n) is 1.69. The van der Waals surface area contributed by atoms with Crippen LogP contribution in [-0.4, -0.2) is 24.9 Å². The summed E-state index contributed by atoms with van der Waals surface area (Å²) in [6.07, 6.45) is 2.26. The van der Waals surface area contributed by atoms with Gasteiger partial charge in [0.1, 0.15) is 0 Å². The maximum atomic E-state index is 8.24. The van der Waals surface area contributed by atoms with Crippen LogP contribution in [0.5, 0.6) is 0 Å². The summed E-state index contributed by atoms with van der Waals surface area (Å²) in [5, 5.41) is 8.24. The van der Waals surface area contributed by atoms with E-state index in [4.69, 9.17) is 9.84 Å². The van der Waals surface area contributed by atoms with Crippen molar-refractivity contribution in [3.8, 4) is 0 Å². The molecular formula is C6H14O2Zr. The van der Waals surface area contributed by atoms with Gasteiger partial charge < -0.3 is 9.84 Å². The molecule has 0 fully saturated rings. The van der Waals surface area contributed by atoms with E-state index in [1.165, 1.54) is 0 Å². The second-order valence-corrected chi connectivity index (χ2v) is 1.69. The molecule has 0 radical (unpaired) electrons. The van der Waals surface area contributed by atoms with E-state index >= 15 is 0 Å². The largest absolute Gasteiger partial charge is 0.394 e. The van der Waals surface area contributed by atoms with Gasteiger partial charge in [-0.3, -0.25) is 0 Å². The van der Waals surface area contributed by atoms with E-state index in [2.05, 4.69) is 6.92 Å². The van der Waals surface area contributed by atoms with Crippen molar-refractivity contribution < 1.29 is 36.0 Å². The minimum atomic E-state index is 0. The molecule has 0 atom stereocenters. The number of hydrogen-bond donors (Lipinski definition) is 1. The van der Waals surface area contributed by atoms with Gasteiger partial charge in [0.2, 0.25) is 0 Å². The Bertz CT molecular complexity index is 36.0. The Hall–Kier alpha value is 0.803. The van der Waals surface area contributed by atoms with Gasteiger partial charge in [-0.15, -0.1) is 0 Å². The van der Waals surface area contributed by atoms with Crippen molar-refractivity contribution in [1.29, 1.82) is 0 Å². The molecule has 0 aromatic carbocycles. The second kappa shape index (κ2) is 11.6. The fourth-order valence-corrected chi connectivity index (χ4v) is 0.413. The number of aliphatic hydroxyl groups excluding tert-OH is 1. The fourth-order valence-electron chi connectivity index (χ4n) is 0.413. The number of hydrogen-bond acceptors (Lipinski definition) is 2. The number of rotatable bonds is 5. The molecule has 0 aliphatic carbocycles. The predicted molar refractivity (Wildman–Crippen MR) is 32.8 cm³/mol. The molecule has 0 aromatic rings. The van der Waals surface area contributed by atoms with Gasteiger partial charge in [-0.05, 0) is 6.42 Å². The summed E-state index contributed by atoms with van der Waals surface area (Å²) in [4.78, 5) is 0. The average Bonchev–Trinajstić information content (AvgIpc) is 1.81. The zero-order valence-corrected chi connectivity index (χ0v) is 8.35.